The average molecular weight is 331 g/mol. The summed E-state index contributed by atoms with van der Waals surface area (Å²) in [5, 5.41) is 6.99. The van der Waals surface area contributed by atoms with Gasteiger partial charge in [0, 0.05) is 7.05 Å². The second-order valence-corrected chi connectivity index (χ2v) is 5.44. The van der Waals surface area contributed by atoms with Gasteiger partial charge in [-0.1, -0.05) is 6.07 Å². The minimum Gasteiger partial charge on any atom is -0.497 e. The zero-order chi connectivity index (χ0) is 17.9. The Morgan fingerprint density at radius 3 is 2.58 bits per heavy atom. The van der Waals surface area contributed by atoms with Crippen LogP contribution >= 0.6 is 0 Å². The highest BCUT2D eigenvalue weighted by molar-refractivity contribution is 5.98. The summed E-state index contributed by atoms with van der Waals surface area (Å²) in [6.07, 6.45) is -0.942. The van der Waals surface area contributed by atoms with Gasteiger partial charge in [-0.3, -0.25) is 9.48 Å². The largest absolute Gasteiger partial charge is 0.497 e. The molecule has 2 rings (SSSR count). The topological polar surface area (TPSA) is 82.4 Å². The Hall–Kier alpha value is -2.83. The molecule has 1 aromatic heterocycles. The first-order valence-electron chi connectivity index (χ1n) is 7.49. The fourth-order valence-corrected chi connectivity index (χ4v) is 2.21. The van der Waals surface area contributed by atoms with E-state index in [1.54, 1.807) is 42.9 Å². The molecule has 1 atom stereocenters. The summed E-state index contributed by atoms with van der Waals surface area (Å²) in [6.45, 7) is 5.17. The van der Waals surface area contributed by atoms with E-state index in [4.69, 9.17) is 9.47 Å². The smallest absolute Gasteiger partial charge is 0.339 e. The number of hydrogen-bond donors (Lipinski definition) is 1. The number of methoxy groups -OCH3 is 1. The normalized spacial score (nSPS) is 11.7. The van der Waals surface area contributed by atoms with E-state index < -0.39 is 18.0 Å². The SMILES string of the molecule is COc1cccc(C(=O)O[C@@H](C)C(=O)Nc2c(C)nn(C)c2C)c1. The molecular weight excluding hydrogens is 310 g/mol. The minimum absolute atomic E-state index is 0.322. The number of aryl methyl sites for hydroxylation is 2. The summed E-state index contributed by atoms with van der Waals surface area (Å²) in [6, 6.07) is 6.57. The van der Waals surface area contributed by atoms with Crippen LogP contribution in [0.15, 0.2) is 24.3 Å². The number of benzene rings is 1. The van der Waals surface area contributed by atoms with Crippen LogP contribution in [0.1, 0.15) is 28.7 Å². The van der Waals surface area contributed by atoms with E-state index in [1.165, 1.54) is 14.0 Å². The number of hydrogen-bond acceptors (Lipinski definition) is 5. The van der Waals surface area contributed by atoms with Crippen LogP contribution < -0.4 is 10.1 Å². The fourth-order valence-electron chi connectivity index (χ4n) is 2.21. The molecule has 0 fully saturated rings. The van der Waals surface area contributed by atoms with Crippen molar-refractivity contribution in [3.63, 3.8) is 0 Å². The second-order valence-electron chi connectivity index (χ2n) is 5.44. The molecule has 1 heterocycles. The van der Waals surface area contributed by atoms with E-state index in [0.29, 0.717) is 22.7 Å². The third-order valence-corrected chi connectivity index (χ3v) is 3.72. The van der Waals surface area contributed by atoms with Gasteiger partial charge in [-0.15, -0.1) is 0 Å². The monoisotopic (exact) mass is 331 g/mol. The highest BCUT2D eigenvalue weighted by atomic mass is 16.5. The van der Waals surface area contributed by atoms with Crippen molar-refractivity contribution in [2.24, 2.45) is 7.05 Å². The van der Waals surface area contributed by atoms with Crippen molar-refractivity contribution in [2.45, 2.75) is 26.9 Å². The number of nitrogens with one attached hydrogen (secondary N) is 1. The predicted octanol–water partition coefficient (Wildman–Crippen LogP) is 2.23. The molecule has 1 N–H and O–H groups in total. The van der Waals surface area contributed by atoms with E-state index >= 15 is 0 Å². The Bertz CT molecular complexity index is 767. The van der Waals surface area contributed by atoms with Crippen LogP contribution in [-0.2, 0) is 16.6 Å². The van der Waals surface area contributed by atoms with Crippen LogP contribution in [0.4, 0.5) is 5.69 Å². The number of nitrogens with zero attached hydrogens (tertiary/aromatic N) is 2. The van der Waals surface area contributed by atoms with Crippen LogP contribution in [0.5, 0.6) is 5.75 Å². The molecule has 24 heavy (non-hydrogen) atoms. The van der Waals surface area contributed by atoms with Crippen molar-refractivity contribution in [3.8, 4) is 5.75 Å². The second kappa shape index (κ2) is 7.16. The first-order valence-corrected chi connectivity index (χ1v) is 7.49. The summed E-state index contributed by atoms with van der Waals surface area (Å²) in [4.78, 5) is 24.4. The molecule has 0 aliphatic heterocycles. The maximum absolute atomic E-state index is 12.3. The molecule has 0 unspecified atom stereocenters. The van der Waals surface area contributed by atoms with E-state index in [1.807, 2.05) is 6.92 Å². The third kappa shape index (κ3) is 3.73. The summed E-state index contributed by atoms with van der Waals surface area (Å²) in [5.41, 5.74) is 2.48. The molecule has 0 spiro atoms. The van der Waals surface area contributed by atoms with Crippen LogP contribution in [-0.4, -0.2) is 34.9 Å². The molecule has 7 nitrogen and oxygen atoms in total. The highest BCUT2D eigenvalue weighted by Gasteiger charge is 2.21. The Morgan fingerprint density at radius 1 is 1.29 bits per heavy atom. The lowest BCUT2D eigenvalue weighted by Crippen LogP contribution is -2.30. The standard InChI is InChI=1S/C17H21N3O4/c1-10-15(11(2)20(4)19-10)18-16(21)12(3)24-17(22)13-7-6-8-14(9-13)23-5/h6-9,12H,1-5H3,(H,18,21)/t12-/m0/s1. The molecular formula is C17H21N3O4. The molecule has 1 amide bonds. The van der Waals surface area contributed by atoms with Gasteiger partial charge in [0.25, 0.3) is 5.91 Å². The van der Waals surface area contributed by atoms with Crippen molar-refractivity contribution in [3.05, 3.63) is 41.2 Å². The van der Waals surface area contributed by atoms with Gasteiger partial charge < -0.3 is 14.8 Å². The summed E-state index contributed by atoms with van der Waals surface area (Å²) in [5.74, 6) is -0.454. The Kier molecular flexibility index (Phi) is 5.23. The summed E-state index contributed by atoms with van der Waals surface area (Å²) < 4.78 is 12.0. The van der Waals surface area contributed by atoms with Gasteiger partial charge in [0.05, 0.1) is 29.7 Å². The number of carbonyl (C=O) groups excluding carboxylic acids is 2. The first kappa shape index (κ1) is 17.5. The van der Waals surface area contributed by atoms with Crippen LogP contribution in [0.3, 0.4) is 0 Å². The van der Waals surface area contributed by atoms with Crippen molar-refractivity contribution in [1.82, 2.24) is 9.78 Å². The van der Waals surface area contributed by atoms with Crippen LogP contribution in [0, 0.1) is 13.8 Å². The molecule has 0 radical (unpaired) electrons. The number of aromatic nitrogens is 2. The molecule has 128 valence electrons. The van der Waals surface area contributed by atoms with Crippen LogP contribution in [0.2, 0.25) is 0 Å². The number of ether oxygens (including phenoxy) is 2. The maximum atomic E-state index is 12.3. The predicted molar refractivity (Wildman–Crippen MR) is 89.2 cm³/mol. The van der Waals surface area contributed by atoms with Crippen molar-refractivity contribution >= 4 is 17.6 Å². The summed E-state index contributed by atoms with van der Waals surface area (Å²) >= 11 is 0. The zero-order valence-corrected chi connectivity index (χ0v) is 14.4. The minimum atomic E-state index is -0.942. The van der Waals surface area contributed by atoms with Gasteiger partial charge in [-0.25, -0.2) is 4.79 Å². The lowest BCUT2D eigenvalue weighted by Gasteiger charge is -2.14. The summed E-state index contributed by atoms with van der Waals surface area (Å²) in [7, 11) is 3.31. The number of amides is 1. The van der Waals surface area contributed by atoms with Gasteiger partial charge in [-0.05, 0) is 39.0 Å². The maximum Gasteiger partial charge on any atom is 0.339 e. The molecule has 2 aromatic rings. The fraction of sp³-hybridized carbons (Fsp3) is 0.353. The third-order valence-electron chi connectivity index (χ3n) is 3.72. The van der Waals surface area contributed by atoms with Crippen molar-refractivity contribution in [1.29, 1.82) is 0 Å². The lowest BCUT2D eigenvalue weighted by atomic mass is 10.2. The average Bonchev–Trinajstić information content (AvgIpc) is 2.80. The number of esters is 1. The first-order chi connectivity index (χ1) is 11.3. The lowest BCUT2D eigenvalue weighted by molar-refractivity contribution is -0.123. The molecule has 0 aliphatic carbocycles. The molecule has 0 saturated carbocycles. The Morgan fingerprint density at radius 2 is 2.00 bits per heavy atom. The number of anilines is 1. The molecule has 0 bridgehead atoms. The zero-order valence-electron chi connectivity index (χ0n) is 14.4. The number of rotatable bonds is 5. The highest BCUT2D eigenvalue weighted by Crippen LogP contribution is 2.19. The van der Waals surface area contributed by atoms with E-state index in [2.05, 4.69) is 10.4 Å². The van der Waals surface area contributed by atoms with Gasteiger partial charge in [0.2, 0.25) is 0 Å². The van der Waals surface area contributed by atoms with Crippen LogP contribution in [0.25, 0.3) is 0 Å². The molecule has 0 aliphatic rings. The quantitative estimate of drug-likeness (QED) is 0.850. The van der Waals surface area contributed by atoms with Gasteiger partial charge in [0.15, 0.2) is 6.10 Å². The van der Waals surface area contributed by atoms with E-state index in [9.17, 15) is 9.59 Å². The van der Waals surface area contributed by atoms with Crippen molar-refractivity contribution in [2.75, 3.05) is 12.4 Å². The van der Waals surface area contributed by atoms with Gasteiger partial charge >= 0.3 is 5.97 Å². The van der Waals surface area contributed by atoms with Crippen molar-refractivity contribution < 1.29 is 19.1 Å². The molecule has 1 aromatic carbocycles. The Balaban J connectivity index is 2.04. The molecule has 7 heteroatoms. The van der Waals surface area contributed by atoms with Gasteiger partial charge in [-0.2, -0.15) is 5.10 Å². The Labute approximate surface area is 140 Å². The molecule has 0 saturated heterocycles. The number of carbonyl (C=O) groups is 2. The van der Waals surface area contributed by atoms with E-state index in [0.717, 1.165) is 5.69 Å². The van der Waals surface area contributed by atoms with Gasteiger partial charge in [0.1, 0.15) is 5.75 Å². The van der Waals surface area contributed by atoms with E-state index in [-0.39, 0.29) is 0 Å².